The number of ether oxygens (including phenoxy) is 1. The Morgan fingerprint density at radius 3 is 2.95 bits per heavy atom. The number of carbonyl (C=O) groups is 1. The monoisotopic (exact) mass is 255 g/mol. The normalized spacial score (nSPS) is 11.1. The molecule has 19 heavy (non-hydrogen) atoms. The number of hydrogen-bond donors (Lipinski definition) is 0. The van der Waals surface area contributed by atoms with Crippen molar-refractivity contribution in [3.63, 3.8) is 0 Å². The minimum atomic E-state index is -0.442. The Balaban J connectivity index is 2.26. The summed E-state index contributed by atoms with van der Waals surface area (Å²) in [5.74, 6) is -0.442. The largest absolute Gasteiger partial charge is 0.461 e. The standard InChI is InChI=1S/C14H13N3O2/c1-3-19-14(18)10-8-15-12-9-6-4-5-7-11(9)17(2)13(12)16-10/h4-8H,3H2,1-2H3. The summed E-state index contributed by atoms with van der Waals surface area (Å²) >= 11 is 0. The highest BCUT2D eigenvalue weighted by molar-refractivity contribution is 6.04. The van der Waals surface area contributed by atoms with Crippen molar-refractivity contribution in [1.29, 1.82) is 0 Å². The van der Waals surface area contributed by atoms with Gasteiger partial charge in [0.05, 0.1) is 18.3 Å². The van der Waals surface area contributed by atoms with E-state index in [1.807, 2.05) is 35.9 Å². The third-order valence-corrected chi connectivity index (χ3v) is 3.08. The van der Waals surface area contributed by atoms with Crippen molar-refractivity contribution in [3.05, 3.63) is 36.2 Å². The SMILES string of the molecule is CCOC(=O)c1cnc2c3ccccc3n(C)c2n1. The van der Waals surface area contributed by atoms with Crippen LogP contribution in [0.1, 0.15) is 17.4 Å². The van der Waals surface area contributed by atoms with Gasteiger partial charge in [0.1, 0.15) is 5.52 Å². The summed E-state index contributed by atoms with van der Waals surface area (Å²) in [6.07, 6.45) is 1.47. The quantitative estimate of drug-likeness (QED) is 0.659. The van der Waals surface area contributed by atoms with E-state index in [1.54, 1.807) is 6.92 Å². The lowest BCUT2D eigenvalue weighted by Gasteiger charge is -2.01. The number of benzene rings is 1. The molecule has 0 amide bonds. The van der Waals surface area contributed by atoms with Crippen LogP contribution < -0.4 is 0 Å². The first kappa shape index (κ1) is 11.6. The Kier molecular flexibility index (Phi) is 2.67. The molecular weight excluding hydrogens is 242 g/mol. The predicted octanol–water partition coefficient (Wildman–Crippen LogP) is 2.30. The van der Waals surface area contributed by atoms with Gasteiger partial charge >= 0.3 is 5.97 Å². The molecule has 3 rings (SSSR count). The van der Waals surface area contributed by atoms with Crippen LogP contribution in [0.5, 0.6) is 0 Å². The summed E-state index contributed by atoms with van der Waals surface area (Å²) in [5, 5.41) is 1.03. The molecule has 1 aromatic carbocycles. The fourth-order valence-electron chi connectivity index (χ4n) is 2.19. The number of rotatable bonds is 2. The second kappa shape index (κ2) is 4.35. The lowest BCUT2D eigenvalue weighted by molar-refractivity contribution is 0.0519. The summed E-state index contributed by atoms with van der Waals surface area (Å²) < 4.78 is 6.87. The Bertz CT molecular complexity index is 777. The average Bonchev–Trinajstić information content (AvgIpc) is 2.73. The van der Waals surface area contributed by atoms with E-state index < -0.39 is 5.97 Å². The van der Waals surface area contributed by atoms with E-state index >= 15 is 0 Å². The van der Waals surface area contributed by atoms with E-state index in [-0.39, 0.29) is 5.69 Å². The van der Waals surface area contributed by atoms with Gasteiger partial charge in [-0.15, -0.1) is 0 Å². The van der Waals surface area contributed by atoms with Crippen molar-refractivity contribution in [2.45, 2.75) is 6.92 Å². The molecule has 2 aromatic heterocycles. The van der Waals surface area contributed by atoms with Gasteiger partial charge in [-0.1, -0.05) is 18.2 Å². The first-order valence-electron chi connectivity index (χ1n) is 6.09. The molecule has 0 aliphatic rings. The zero-order valence-corrected chi connectivity index (χ0v) is 10.8. The molecule has 5 nitrogen and oxygen atoms in total. The van der Waals surface area contributed by atoms with Gasteiger partial charge in [0.25, 0.3) is 0 Å². The Morgan fingerprint density at radius 2 is 2.16 bits per heavy atom. The van der Waals surface area contributed by atoms with Crippen molar-refractivity contribution in [2.75, 3.05) is 6.61 Å². The number of aromatic nitrogens is 3. The summed E-state index contributed by atoms with van der Waals surface area (Å²) in [6, 6.07) is 7.93. The summed E-state index contributed by atoms with van der Waals surface area (Å²) in [5.41, 5.74) is 2.76. The number of para-hydroxylation sites is 1. The van der Waals surface area contributed by atoms with Gasteiger partial charge in [-0.05, 0) is 13.0 Å². The number of esters is 1. The third-order valence-electron chi connectivity index (χ3n) is 3.08. The van der Waals surface area contributed by atoms with Crippen LogP contribution in [-0.2, 0) is 11.8 Å². The zero-order valence-electron chi connectivity index (χ0n) is 10.8. The second-order valence-corrected chi connectivity index (χ2v) is 4.22. The molecule has 0 saturated carbocycles. The van der Waals surface area contributed by atoms with Crippen molar-refractivity contribution in [3.8, 4) is 0 Å². The van der Waals surface area contributed by atoms with Gasteiger partial charge < -0.3 is 9.30 Å². The number of nitrogens with zero attached hydrogens (tertiary/aromatic N) is 3. The number of fused-ring (bicyclic) bond motifs is 3. The molecule has 0 saturated heterocycles. The molecule has 0 aliphatic carbocycles. The van der Waals surface area contributed by atoms with Crippen LogP contribution in [0.25, 0.3) is 22.1 Å². The van der Waals surface area contributed by atoms with Crippen LogP contribution in [0.3, 0.4) is 0 Å². The predicted molar refractivity (Wildman–Crippen MR) is 72.0 cm³/mol. The van der Waals surface area contributed by atoms with Crippen LogP contribution in [0.4, 0.5) is 0 Å². The van der Waals surface area contributed by atoms with E-state index in [1.165, 1.54) is 6.20 Å². The number of aryl methyl sites for hydroxylation is 1. The fraction of sp³-hybridized carbons (Fsp3) is 0.214. The first-order chi connectivity index (χ1) is 9.22. The van der Waals surface area contributed by atoms with E-state index in [9.17, 15) is 4.79 Å². The van der Waals surface area contributed by atoms with Gasteiger partial charge in [0.2, 0.25) is 0 Å². The molecular formula is C14H13N3O2. The van der Waals surface area contributed by atoms with E-state index in [4.69, 9.17) is 4.74 Å². The van der Waals surface area contributed by atoms with Crippen LogP contribution in [0.2, 0.25) is 0 Å². The van der Waals surface area contributed by atoms with Crippen LogP contribution in [0, 0.1) is 0 Å². The maximum absolute atomic E-state index is 11.7. The highest BCUT2D eigenvalue weighted by Gasteiger charge is 2.14. The van der Waals surface area contributed by atoms with Gasteiger partial charge in [0, 0.05) is 12.4 Å². The van der Waals surface area contributed by atoms with Gasteiger partial charge in [-0.2, -0.15) is 0 Å². The van der Waals surface area contributed by atoms with Crippen molar-refractivity contribution >= 4 is 28.0 Å². The maximum atomic E-state index is 11.7. The number of hydrogen-bond acceptors (Lipinski definition) is 4. The van der Waals surface area contributed by atoms with Crippen LogP contribution in [-0.4, -0.2) is 27.1 Å². The van der Waals surface area contributed by atoms with Crippen LogP contribution >= 0.6 is 0 Å². The molecule has 2 heterocycles. The molecule has 5 heteroatoms. The summed E-state index contributed by atoms with van der Waals surface area (Å²) in [6.45, 7) is 2.09. The molecule has 0 atom stereocenters. The van der Waals surface area contributed by atoms with Crippen LogP contribution in [0.15, 0.2) is 30.5 Å². The molecule has 0 spiro atoms. The molecule has 0 radical (unpaired) electrons. The van der Waals surface area contributed by atoms with E-state index in [0.29, 0.717) is 12.3 Å². The molecule has 0 fully saturated rings. The zero-order chi connectivity index (χ0) is 13.4. The van der Waals surface area contributed by atoms with Gasteiger partial charge in [0.15, 0.2) is 11.3 Å². The lowest BCUT2D eigenvalue weighted by atomic mass is 10.2. The second-order valence-electron chi connectivity index (χ2n) is 4.22. The topological polar surface area (TPSA) is 57.0 Å². The molecule has 0 bridgehead atoms. The molecule has 3 aromatic rings. The van der Waals surface area contributed by atoms with E-state index in [2.05, 4.69) is 9.97 Å². The van der Waals surface area contributed by atoms with Gasteiger partial charge in [-0.25, -0.2) is 14.8 Å². The minimum absolute atomic E-state index is 0.236. The lowest BCUT2D eigenvalue weighted by Crippen LogP contribution is -2.08. The Morgan fingerprint density at radius 1 is 1.37 bits per heavy atom. The smallest absolute Gasteiger partial charge is 0.358 e. The van der Waals surface area contributed by atoms with E-state index in [0.717, 1.165) is 16.4 Å². The highest BCUT2D eigenvalue weighted by atomic mass is 16.5. The Labute approximate surface area is 109 Å². The maximum Gasteiger partial charge on any atom is 0.358 e. The van der Waals surface area contributed by atoms with Crippen molar-refractivity contribution < 1.29 is 9.53 Å². The average molecular weight is 255 g/mol. The number of carbonyl (C=O) groups excluding carboxylic acids is 1. The third kappa shape index (κ3) is 1.74. The molecule has 0 aliphatic heterocycles. The first-order valence-corrected chi connectivity index (χ1v) is 6.09. The summed E-state index contributed by atoms with van der Waals surface area (Å²) in [4.78, 5) is 20.4. The molecule has 0 unspecified atom stereocenters. The van der Waals surface area contributed by atoms with Crippen molar-refractivity contribution in [2.24, 2.45) is 7.05 Å². The van der Waals surface area contributed by atoms with Gasteiger partial charge in [-0.3, -0.25) is 0 Å². The highest BCUT2D eigenvalue weighted by Crippen LogP contribution is 2.24. The minimum Gasteiger partial charge on any atom is -0.461 e. The fourth-order valence-corrected chi connectivity index (χ4v) is 2.19. The Hall–Kier alpha value is -2.43. The summed E-state index contributed by atoms with van der Waals surface area (Å²) in [7, 11) is 1.91. The molecule has 0 N–H and O–H groups in total. The van der Waals surface area contributed by atoms with Crippen molar-refractivity contribution in [1.82, 2.24) is 14.5 Å². The molecule has 96 valence electrons.